The second-order valence-corrected chi connectivity index (χ2v) is 5.84. The summed E-state index contributed by atoms with van der Waals surface area (Å²) >= 11 is 0. The van der Waals surface area contributed by atoms with Gasteiger partial charge in [-0.2, -0.15) is 0 Å². The van der Waals surface area contributed by atoms with E-state index in [-0.39, 0.29) is 0 Å². The topological polar surface area (TPSA) is 15.3 Å². The van der Waals surface area contributed by atoms with Crippen molar-refractivity contribution in [3.05, 3.63) is 35.9 Å². The molecule has 1 heterocycles. The molecule has 1 N–H and O–H groups in total. The Balaban J connectivity index is 1.85. The van der Waals surface area contributed by atoms with Gasteiger partial charge in [-0.3, -0.25) is 0 Å². The van der Waals surface area contributed by atoms with Crippen molar-refractivity contribution in [2.75, 3.05) is 26.2 Å². The fourth-order valence-electron chi connectivity index (χ4n) is 3.12. The van der Waals surface area contributed by atoms with Gasteiger partial charge in [0.15, 0.2) is 0 Å². The quantitative estimate of drug-likeness (QED) is 0.846. The standard InChI is InChI=1S/C17H28N2/c1-3-19(14-17-10-7-11-18-13-17)15(2)12-16-8-5-4-6-9-16/h4-6,8-9,15,17-18H,3,7,10-14H2,1-2H3. The van der Waals surface area contributed by atoms with Gasteiger partial charge in [0.1, 0.15) is 0 Å². The molecule has 0 amide bonds. The molecule has 0 radical (unpaired) electrons. The number of hydrogen-bond donors (Lipinski definition) is 1. The van der Waals surface area contributed by atoms with Crippen LogP contribution in [0.2, 0.25) is 0 Å². The molecule has 0 aromatic heterocycles. The fourth-order valence-corrected chi connectivity index (χ4v) is 3.12. The molecule has 1 aromatic carbocycles. The summed E-state index contributed by atoms with van der Waals surface area (Å²) in [6.45, 7) is 9.48. The third-order valence-electron chi connectivity index (χ3n) is 4.30. The number of piperidine rings is 1. The minimum Gasteiger partial charge on any atom is -0.316 e. The lowest BCUT2D eigenvalue weighted by atomic mass is 9.97. The lowest BCUT2D eigenvalue weighted by Crippen LogP contribution is -2.42. The Labute approximate surface area is 118 Å². The van der Waals surface area contributed by atoms with Crippen LogP contribution in [0.3, 0.4) is 0 Å². The molecule has 2 rings (SSSR count). The van der Waals surface area contributed by atoms with E-state index in [1.807, 2.05) is 0 Å². The lowest BCUT2D eigenvalue weighted by molar-refractivity contribution is 0.169. The van der Waals surface area contributed by atoms with Crippen molar-refractivity contribution in [3.8, 4) is 0 Å². The Bertz CT molecular complexity index is 344. The maximum atomic E-state index is 3.53. The van der Waals surface area contributed by atoms with Crippen LogP contribution in [-0.4, -0.2) is 37.1 Å². The van der Waals surface area contributed by atoms with E-state index in [4.69, 9.17) is 0 Å². The number of nitrogens with one attached hydrogen (secondary N) is 1. The third kappa shape index (κ3) is 4.63. The van der Waals surface area contributed by atoms with Crippen LogP contribution < -0.4 is 5.32 Å². The summed E-state index contributed by atoms with van der Waals surface area (Å²) in [6.07, 6.45) is 3.89. The van der Waals surface area contributed by atoms with Crippen LogP contribution in [-0.2, 0) is 6.42 Å². The second-order valence-electron chi connectivity index (χ2n) is 5.84. The first-order chi connectivity index (χ1) is 9.29. The average molecular weight is 260 g/mol. The Morgan fingerprint density at radius 3 is 2.74 bits per heavy atom. The second kappa shape index (κ2) is 7.66. The van der Waals surface area contributed by atoms with Gasteiger partial charge in [-0.15, -0.1) is 0 Å². The molecule has 19 heavy (non-hydrogen) atoms. The SMILES string of the molecule is CCN(CC1CCCNC1)C(C)Cc1ccccc1. The third-order valence-corrected chi connectivity index (χ3v) is 4.30. The number of hydrogen-bond acceptors (Lipinski definition) is 2. The van der Waals surface area contributed by atoms with Crippen molar-refractivity contribution in [1.82, 2.24) is 10.2 Å². The molecule has 2 atom stereocenters. The van der Waals surface area contributed by atoms with Gasteiger partial charge in [0, 0.05) is 12.6 Å². The van der Waals surface area contributed by atoms with Crippen LogP contribution in [0.1, 0.15) is 32.3 Å². The molecule has 0 bridgehead atoms. The minimum absolute atomic E-state index is 0.634. The number of rotatable bonds is 6. The summed E-state index contributed by atoms with van der Waals surface area (Å²) < 4.78 is 0. The normalized spacial score (nSPS) is 21.5. The van der Waals surface area contributed by atoms with Crippen LogP contribution in [0, 0.1) is 5.92 Å². The van der Waals surface area contributed by atoms with E-state index in [0.717, 1.165) is 18.9 Å². The summed E-state index contributed by atoms with van der Waals surface area (Å²) in [5.74, 6) is 0.840. The molecule has 1 saturated heterocycles. The Morgan fingerprint density at radius 2 is 2.11 bits per heavy atom. The van der Waals surface area contributed by atoms with Crippen molar-refractivity contribution in [3.63, 3.8) is 0 Å². The fraction of sp³-hybridized carbons (Fsp3) is 0.647. The van der Waals surface area contributed by atoms with Crippen LogP contribution in [0.25, 0.3) is 0 Å². The van der Waals surface area contributed by atoms with Gasteiger partial charge in [-0.05, 0) is 57.3 Å². The summed E-state index contributed by atoms with van der Waals surface area (Å²) in [6, 6.07) is 11.5. The highest BCUT2D eigenvalue weighted by Gasteiger charge is 2.19. The maximum absolute atomic E-state index is 3.53. The highest BCUT2D eigenvalue weighted by atomic mass is 15.1. The maximum Gasteiger partial charge on any atom is 0.0107 e. The Kier molecular flexibility index (Phi) is 5.87. The summed E-state index contributed by atoms with van der Waals surface area (Å²) in [5.41, 5.74) is 1.45. The molecule has 1 aromatic rings. The van der Waals surface area contributed by atoms with Crippen LogP contribution in [0.5, 0.6) is 0 Å². The van der Waals surface area contributed by atoms with Crippen molar-refractivity contribution in [2.24, 2.45) is 5.92 Å². The number of nitrogens with zero attached hydrogens (tertiary/aromatic N) is 1. The molecule has 1 fully saturated rings. The van der Waals surface area contributed by atoms with E-state index in [2.05, 4.69) is 54.4 Å². The molecule has 1 aliphatic rings. The van der Waals surface area contributed by atoms with Crippen molar-refractivity contribution in [1.29, 1.82) is 0 Å². The molecule has 2 heteroatoms. The molecule has 2 nitrogen and oxygen atoms in total. The molecule has 0 saturated carbocycles. The molecule has 1 aliphatic heterocycles. The van der Waals surface area contributed by atoms with E-state index in [1.54, 1.807) is 0 Å². The van der Waals surface area contributed by atoms with Crippen molar-refractivity contribution in [2.45, 2.75) is 39.2 Å². The summed E-state index contributed by atoms with van der Waals surface area (Å²) in [7, 11) is 0. The highest BCUT2D eigenvalue weighted by Crippen LogP contribution is 2.15. The van der Waals surface area contributed by atoms with E-state index in [9.17, 15) is 0 Å². The molecule has 0 aliphatic carbocycles. The van der Waals surface area contributed by atoms with Gasteiger partial charge < -0.3 is 10.2 Å². The molecular weight excluding hydrogens is 232 g/mol. The minimum atomic E-state index is 0.634. The predicted molar refractivity (Wildman–Crippen MR) is 82.4 cm³/mol. The molecule has 0 spiro atoms. The van der Waals surface area contributed by atoms with Gasteiger partial charge in [-0.25, -0.2) is 0 Å². The first kappa shape index (κ1) is 14.5. The molecular formula is C17H28N2. The average Bonchev–Trinajstić information content (AvgIpc) is 2.47. The highest BCUT2D eigenvalue weighted by molar-refractivity contribution is 5.15. The van der Waals surface area contributed by atoms with E-state index in [1.165, 1.54) is 38.0 Å². The molecule has 106 valence electrons. The van der Waals surface area contributed by atoms with E-state index < -0.39 is 0 Å². The summed E-state index contributed by atoms with van der Waals surface area (Å²) in [4.78, 5) is 2.64. The van der Waals surface area contributed by atoms with Crippen LogP contribution in [0.4, 0.5) is 0 Å². The van der Waals surface area contributed by atoms with Crippen LogP contribution >= 0.6 is 0 Å². The Hall–Kier alpha value is -0.860. The summed E-state index contributed by atoms with van der Waals surface area (Å²) in [5, 5.41) is 3.53. The number of benzene rings is 1. The first-order valence-electron chi connectivity index (χ1n) is 7.78. The smallest absolute Gasteiger partial charge is 0.0107 e. The monoisotopic (exact) mass is 260 g/mol. The van der Waals surface area contributed by atoms with E-state index in [0.29, 0.717) is 6.04 Å². The van der Waals surface area contributed by atoms with Crippen molar-refractivity contribution < 1.29 is 0 Å². The lowest BCUT2D eigenvalue weighted by Gasteiger charge is -2.33. The predicted octanol–water partition coefficient (Wildman–Crippen LogP) is 2.94. The molecule has 2 unspecified atom stereocenters. The first-order valence-corrected chi connectivity index (χ1v) is 7.78. The van der Waals surface area contributed by atoms with Gasteiger partial charge in [0.25, 0.3) is 0 Å². The van der Waals surface area contributed by atoms with Crippen LogP contribution in [0.15, 0.2) is 30.3 Å². The van der Waals surface area contributed by atoms with Gasteiger partial charge in [-0.1, -0.05) is 37.3 Å². The van der Waals surface area contributed by atoms with E-state index >= 15 is 0 Å². The van der Waals surface area contributed by atoms with Gasteiger partial charge >= 0.3 is 0 Å². The van der Waals surface area contributed by atoms with Gasteiger partial charge in [0.2, 0.25) is 0 Å². The number of likely N-dealkylation sites (N-methyl/N-ethyl adjacent to an activating group) is 1. The zero-order chi connectivity index (χ0) is 13.5. The van der Waals surface area contributed by atoms with Crippen molar-refractivity contribution >= 4 is 0 Å². The zero-order valence-electron chi connectivity index (χ0n) is 12.4. The largest absolute Gasteiger partial charge is 0.316 e. The van der Waals surface area contributed by atoms with Gasteiger partial charge in [0.05, 0.1) is 0 Å². The Morgan fingerprint density at radius 1 is 1.32 bits per heavy atom. The zero-order valence-corrected chi connectivity index (χ0v) is 12.4.